The molecule has 2 atom stereocenters. The van der Waals surface area contributed by atoms with Crippen LogP contribution in [0.15, 0.2) is 36.5 Å². The molecule has 0 saturated carbocycles. The van der Waals surface area contributed by atoms with Gasteiger partial charge in [-0.25, -0.2) is 4.39 Å². The molecular weight excluding hydrogens is 399 g/mol. The number of benzene rings is 2. The van der Waals surface area contributed by atoms with Gasteiger partial charge in [0.25, 0.3) is 0 Å². The predicted octanol–water partition coefficient (Wildman–Crippen LogP) is 3.89. The van der Waals surface area contributed by atoms with Gasteiger partial charge in [-0.05, 0) is 48.1 Å². The SMILES string of the molecule is C#Cc1cccc2cc(O)cc(-c3ncc4c(N5C[C@H]6NCC[C@H]65)snc4c3F)c12. The summed E-state index contributed by atoms with van der Waals surface area (Å²) in [6, 6.07) is 9.55. The summed E-state index contributed by atoms with van der Waals surface area (Å²) in [6.07, 6.45) is 8.46. The molecule has 0 amide bonds. The first-order valence-electron chi connectivity index (χ1n) is 9.82. The molecule has 0 unspecified atom stereocenters. The molecule has 2 aliphatic rings. The van der Waals surface area contributed by atoms with Gasteiger partial charge in [-0.2, -0.15) is 4.37 Å². The smallest absolute Gasteiger partial charge is 0.176 e. The number of halogens is 1. The Balaban J connectivity index is 1.54. The van der Waals surface area contributed by atoms with Crippen LogP contribution in [-0.2, 0) is 0 Å². The van der Waals surface area contributed by atoms with E-state index in [9.17, 15) is 5.11 Å². The molecule has 2 aliphatic heterocycles. The van der Waals surface area contributed by atoms with Gasteiger partial charge in [0.2, 0.25) is 0 Å². The van der Waals surface area contributed by atoms with Crippen LogP contribution in [0, 0.1) is 18.2 Å². The highest BCUT2D eigenvalue weighted by Gasteiger charge is 2.43. The van der Waals surface area contributed by atoms with Crippen molar-refractivity contribution in [1.82, 2.24) is 14.7 Å². The van der Waals surface area contributed by atoms with Crippen molar-refractivity contribution in [2.75, 3.05) is 18.0 Å². The normalized spacial score (nSPS) is 20.3. The van der Waals surface area contributed by atoms with Crippen molar-refractivity contribution in [2.45, 2.75) is 18.5 Å². The minimum atomic E-state index is -0.490. The molecule has 0 spiro atoms. The largest absolute Gasteiger partial charge is 0.508 e. The van der Waals surface area contributed by atoms with E-state index in [0.717, 1.165) is 35.3 Å². The number of hydrogen-bond donors (Lipinski definition) is 2. The van der Waals surface area contributed by atoms with Gasteiger partial charge in [0.15, 0.2) is 5.82 Å². The zero-order valence-corrected chi connectivity index (χ0v) is 16.7. The summed E-state index contributed by atoms with van der Waals surface area (Å²) in [4.78, 5) is 6.77. The summed E-state index contributed by atoms with van der Waals surface area (Å²) in [7, 11) is 0. The van der Waals surface area contributed by atoms with E-state index in [0.29, 0.717) is 34.1 Å². The van der Waals surface area contributed by atoms with E-state index >= 15 is 4.39 Å². The van der Waals surface area contributed by atoms with Crippen LogP contribution in [0.2, 0.25) is 0 Å². The molecule has 5 nitrogen and oxygen atoms in total. The van der Waals surface area contributed by atoms with E-state index < -0.39 is 5.82 Å². The number of terminal acetylenes is 1. The fraction of sp³-hybridized carbons (Fsp3) is 0.217. The van der Waals surface area contributed by atoms with Crippen molar-refractivity contribution in [1.29, 1.82) is 0 Å². The first-order valence-corrected chi connectivity index (χ1v) is 10.6. The molecule has 6 rings (SSSR count). The molecule has 7 heteroatoms. The van der Waals surface area contributed by atoms with Crippen molar-refractivity contribution in [3.8, 4) is 29.4 Å². The number of rotatable bonds is 2. The monoisotopic (exact) mass is 416 g/mol. The highest BCUT2D eigenvalue weighted by molar-refractivity contribution is 7.11. The molecule has 2 fully saturated rings. The van der Waals surface area contributed by atoms with Crippen LogP contribution in [0.3, 0.4) is 0 Å². The third kappa shape index (κ3) is 2.38. The number of phenols is 1. The Hall–Kier alpha value is -3.21. The Labute approximate surface area is 176 Å². The topological polar surface area (TPSA) is 61.3 Å². The van der Waals surface area contributed by atoms with Crippen molar-refractivity contribution in [3.05, 3.63) is 47.9 Å². The van der Waals surface area contributed by atoms with Crippen LogP contribution >= 0.6 is 11.5 Å². The number of aromatic nitrogens is 2. The number of anilines is 1. The Bertz CT molecular complexity index is 1380. The van der Waals surface area contributed by atoms with E-state index in [1.54, 1.807) is 18.3 Å². The molecule has 148 valence electrons. The average Bonchev–Trinajstić information content (AvgIpc) is 3.32. The molecule has 30 heavy (non-hydrogen) atoms. The Kier molecular flexibility index (Phi) is 3.76. The lowest BCUT2D eigenvalue weighted by Gasteiger charge is -2.44. The summed E-state index contributed by atoms with van der Waals surface area (Å²) in [5.74, 6) is 2.20. The lowest BCUT2D eigenvalue weighted by atomic mass is 9.96. The zero-order chi connectivity index (χ0) is 20.4. The summed E-state index contributed by atoms with van der Waals surface area (Å²) < 4.78 is 20.1. The third-order valence-electron chi connectivity index (χ3n) is 6.19. The maximum absolute atomic E-state index is 15.6. The summed E-state index contributed by atoms with van der Waals surface area (Å²) >= 11 is 1.31. The van der Waals surface area contributed by atoms with E-state index in [1.165, 1.54) is 17.6 Å². The molecule has 0 radical (unpaired) electrons. The third-order valence-corrected chi connectivity index (χ3v) is 7.09. The molecule has 0 aliphatic carbocycles. The Morgan fingerprint density at radius 2 is 2.23 bits per heavy atom. The first-order chi connectivity index (χ1) is 14.7. The first kappa shape index (κ1) is 17.6. The van der Waals surface area contributed by atoms with Crippen molar-refractivity contribution >= 4 is 38.2 Å². The van der Waals surface area contributed by atoms with E-state index in [4.69, 9.17) is 6.42 Å². The number of hydrogen-bond acceptors (Lipinski definition) is 6. The van der Waals surface area contributed by atoms with Crippen LogP contribution in [0.1, 0.15) is 12.0 Å². The number of nitrogens with one attached hydrogen (secondary N) is 1. The van der Waals surface area contributed by atoms with E-state index in [2.05, 4.69) is 25.5 Å². The van der Waals surface area contributed by atoms with Crippen molar-refractivity contribution in [2.24, 2.45) is 0 Å². The Morgan fingerprint density at radius 3 is 3.07 bits per heavy atom. The van der Waals surface area contributed by atoms with Gasteiger partial charge < -0.3 is 15.3 Å². The maximum atomic E-state index is 15.6. The molecular formula is C23H17FN4OS. The second kappa shape index (κ2) is 6.39. The number of phenolic OH excluding ortho intramolecular Hbond substituents is 1. The minimum absolute atomic E-state index is 0.0345. The molecule has 2 aromatic carbocycles. The number of aromatic hydroxyl groups is 1. The number of nitrogens with zero attached hydrogens (tertiary/aromatic N) is 3. The summed E-state index contributed by atoms with van der Waals surface area (Å²) in [5.41, 5.74) is 1.55. The van der Waals surface area contributed by atoms with Gasteiger partial charge in [-0.1, -0.05) is 18.1 Å². The van der Waals surface area contributed by atoms with E-state index in [1.807, 2.05) is 12.1 Å². The van der Waals surface area contributed by atoms with Crippen LogP contribution in [-0.4, -0.2) is 39.6 Å². The van der Waals surface area contributed by atoms with Crippen molar-refractivity contribution in [3.63, 3.8) is 0 Å². The second-order valence-electron chi connectivity index (χ2n) is 7.78. The highest BCUT2D eigenvalue weighted by atomic mass is 32.1. The molecule has 2 aromatic heterocycles. The fourth-order valence-electron chi connectivity index (χ4n) is 4.73. The van der Waals surface area contributed by atoms with Gasteiger partial charge in [0, 0.05) is 41.3 Å². The molecule has 4 heterocycles. The summed E-state index contributed by atoms with van der Waals surface area (Å²) in [6.45, 7) is 1.93. The summed E-state index contributed by atoms with van der Waals surface area (Å²) in [5, 5.41) is 16.8. The van der Waals surface area contributed by atoms with Gasteiger partial charge >= 0.3 is 0 Å². The minimum Gasteiger partial charge on any atom is -0.508 e. The van der Waals surface area contributed by atoms with Crippen LogP contribution in [0.4, 0.5) is 9.39 Å². The number of pyridine rings is 1. The zero-order valence-electron chi connectivity index (χ0n) is 15.9. The average molecular weight is 416 g/mol. The Morgan fingerprint density at radius 1 is 1.33 bits per heavy atom. The second-order valence-corrected chi connectivity index (χ2v) is 8.53. The molecule has 2 saturated heterocycles. The number of fused-ring (bicyclic) bond motifs is 3. The highest BCUT2D eigenvalue weighted by Crippen LogP contribution is 2.42. The lowest BCUT2D eigenvalue weighted by molar-refractivity contribution is 0.399. The van der Waals surface area contributed by atoms with Gasteiger partial charge in [-0.3, -0.25) is 4.98 Å². The van der Waals surface area contributed by atoms with Crippen LogP contribution < -0.4 is 10.2 Å². The maximum Gasteiger partial charge on any atom is 0.176 e. The quantitative estimate of drug-likeness (QED) is 0.486. The van der Waals surface area contributed by atoms with Crippen LogP contribution in [0.5, 0.6) is 5.75 Å². The fourth-order valence-corrected chi connectivity index (χ4v) is 5.65. The van der Waals surface area contributed by atoms with Crippen LogP contribution in [0.25, 0.3) is 32.9 Å². The van der Waals surface area contributed by atoms with E-state index in [-0.39, 0.29) is 11.4 Å². The molecule has 4 aromatic rings. The van der Waals surface area contributed by atoms with Gasteiger partial charge in [-0.15, -0.1) is 6.42 Å². The van der Waals surface area contributed by atoms with Gasteiger partial charge in [0.05, 0.1) is 5.39 Å². The van der Waals surface area contributed by atoms with Gasteiger partial charge in [0.1, 0.15) is 22.0 Å². The molecule has 2 N–H and O–H groups in total. The predicted molar refractivity (Wildman–Crippen MR) is 117 cm³/mol. The molecule has 0 bridgehead atoms. The van der Waals surface area contributed by atoms with Crippen molar-refractivity contribution < 1.29 is 9.50 Å². The lowest BCUT2D eigenvalue weighted by Crippen LogP contribution is -2.61. The standard InChI is InChI=1S/C23H17FN4OS/c1-2-12-4-3-5-13-8-14(29)9-15(19(12)13)21-20(24)22-16(10-26-21)23(30-27-22)28-11-17-18(28)6-7-25-17/h1,3-5,8-10,17-18,25,29H,6-7,11H2/t17-,18-/m1/s1.